The molecule has 0 saturated heterocycles. The van der Waals surface area contributed by atoms with E-state index in [1.807, 2.05) is 12.1 Å². The molecule has 0 unspecified atom stereocenters. The van der Waals surface area contributed by atoms with Gasteiger partial charge in [0.25, 0.3) is 5.91 Å². The van der Waals surface area contributed by atoms with Crippen LogP contribution in [0.5, 0.6) is 0 Å². The van der Waals surface area contributed by atoms with E-state index in [2.05, 4.69) is 9.97 Å². The van der Waals surface area contributed by atoms with Crippen LogP contribution in [0.25, 0.3) is 0 Å². The highest BCUT2D eigenvalue weighted by atomic mass is 19.1. The SMILES string of the molecule is O=C(c1cncc(F)c1)N1Cc2cccnc2C1. The summed E-state index contributed by atoms with van der Waals surface area (Å²) in [5.74, 6) is -0.726. The second-order valence-electron chi connectivity index (χ2n) is 4.16. The van der Waals surface area contributed by atoms with Gasteiger partial charge in [0.1, 0.15) is 5.82 Å². The number of aromatic nitrogens is 2. The highest BCUT2D eigenvalue weighted by molar-refractivity contribution is 5.94. The van der Waals surface area contributed by atoms with Crippen molar-refractivity contribution in [2.24, 2.45) is 0 Å². The number of halogens is 1. The van der Waals surface area contributed by atoms with Gasteiger partial charge in [-0.25, -0.2) is 4.39 Å². The molecule has 0 radical (unpaired) electrons. The third-order valence-corrected chi connectivity index (χ3v) is 2.93. The van der Waals surface area contributed by atoms with Crippen molar-refractivity contribution < 1.29 is 9.18 Å². The Hall–Kier alpha value is -2.30. The number of fused-ring (bicyclic) bond motifs is 1. The highest BCUT2D eigenvalue weighted by Crippen LogP contribution is 2.22. The molecule has 0 aliphatic carbocycles. The number of hydrogen-bond acceptors (Lipinski definition) is 3. The summed E-state index contributed by atoms with van der Waals surface area (Å²) in [6, 6.07) is 4.99. The Morgan fingerprint density at radius 3 is 3.00 bits per heavy atom. The minimum atomic E-state index is -0.504. The second-order valence-corrected chi connectivity index (χ2v) is 4.16. The number of nitrogens with zero attached hydrogens (tertiary/aromatic N) is 3. The van der Waals surface area contributed by atoms with Crippen LogP contribution in [0.15, 0.2) is 36.8 Å². The number of carbonyl (C=O) groups excluding carboxylic acids is 1. The number of pyridine rings is 2. The van der Waals surface area contributed by atoms with E-state index in [0.717, 1.165) is 17.5 Å². The van der Waals surface area contributed by atoms with Gasteiger partial charge in [-0.15, -0.1) is 0 Å². The van der Waals surface area contributed by atoms with Crippen LogP contribution >= 0.6 is 0 Å². The smallest absolute Gasteiger partial charge is 0.256 e. The highest BCUT2D eigenvalue weighted by Gasteiger charge is 2.25. The van der Waals surface area contributed by atoms with Gasteiger partial charge in [0.15, 0.2) is 0 Å². The largest absolute Gasteiger partial charge is 0.328 e. The Kier molecular flexibility index (Phi) is 2.51. The van der Waals surface area contributed by atoms with Crippen molar-refractivity contribution in [3.8, 4) is 0 Å². The van der Waals surface area contributed by atoms with Crippen LogP contribution in [-0.2, 0) is 13.1 Å². The molecule has 0 N–H and O–H groups in total. The normalized spacial score (nSPS) is 13.5. The summed E-state index contributed by atoms with van der Waals surface area (Å²) < 4.78 is 13.0. The van der Waals surface area contributed by atoms with Crippen molar-refractivity contribution in [1.29, 1.82) is 0 Å². The second kappa shape index (κ2) is 4.18. The number of hydrogen-bond donors (Lipinski definition) is 0. The van der Waals surface area contributed by atoms with Crippen LogP contribution in [-0.4, -0.2) is 20.8 Å². The Balaban J connectivity index is 1.84. The van der Waals surface area contributed by atoms with Gasteiger partial charge in [-0.2, -0.15) is 0 Å². The summed E-state index contributed by atoms with van der Waals surface area (Å²) in [6.45, 7) is 0.976. The molecule has 0 atom stereocenters. The molecule has 2 aromatic heterocycles. The first-order valence-electron chi connectivity index (χ1n) is 5.56. The first-order valence-corrected chi connectivity index (χ1v) is 5.56. The fourth-order valence-corrected chi connectivity index (χ4v) is 2.05. The minimum absolute atomic E-state index is 0.222. The van der Waals surface area contributed by atoms with E-state index in [1.54, 1.807) is 11.1 Å². The van der Waals surface area contributed by atoms with E-state index in [-0.39, 0.29) is 11.5 Å². The van der Waals surface area contributed by atoms with Gasteiger partial charge in [-0.3, -0.25) is 14.8 Å². The molecule has 90 valence electrons. The van der Waals surface area contributed by atoms with Gasteiger partial charge in [0.2, 0.25) is 0 Å². The van der Waals surface area contributed by atoms with Crippen molar-refractivity contribution in [3.05, 3.63) is 59.4 Å². The van der Waals surface area contributed by atoms with Crippen LogP contribution in [0, 0.1) is 5.82 Å². The summed E-state index contributed by atoms with van der Waals surface area (Å²) in [5, 5.41) is 0. The molecule has 4 nitrogen and oxygen atoms in total. The first-order chi connectivity index (χ1) is 8.74. The molecule has 1 aliphatic heterocycles. The minimum Gasteiger partial charge on any atom is -0.328 e. The molecule has 1 aliphatic rings. The molecule has 0 bridgehead atoms. The zero-order valence-corrected chi connectivity index (χ0v) is 9.51. The Morgan fingerprint density at radius 1 is 1.33 bits per heavy atom. The standard InChI is InChI=1S/C13H10FN3O/c14-11-4-10(5-15-6-11)13(18)17-7-9-2-1-3-16-12(9)8-17/h1-6H,7-8H2. The fourth-order valence-electron chi connectivity index (χ4n) is 2.05. The van der Waals surface area contributed by atoms with Crippen LogP contribution in [0.1, 0.15) is 21.6 Å². The molecule has 0 fully saturated rings. The third-order valence-electron chi connectivity index (χ3n) is 2.93. The number of rotatable bonds is 1. The summed E-state index contributed by atoms with van der Waals surface area (Å²) in [7, 11) is 0. The van der Waals surface area contributed by atoms with Gasteiger partial charge in [0.05, 0.1) is 24.0 Å². The van der Waals surface area contributed by atoms with Crippen LogP contribution in [0.2, 0.25) is 0 Å². The molecular formula is C13H10FN3O. The van der Waals surface area contributed by atoms with Crippen molar-refractivity contribution in [1.82, 2.24) is 14.9 Å². The Bertz CT molecular complexity index is 590. The fraction of sp³-hybridized carbons (Fsp3) is 0.154. The monoisotopic (exact) mass is 243 g/mol. The zero-order chi connectivity index (χ0) is 12.5. The van der Waals surface area contributed by atoms with E-state index >= 15 is 0 Å². The van der Waals surface area contributed by atoms with Gasteiger partial charge >= 0.3 is 0 Å². The number of amides is 1. The van der Waals surface area contributed by atoms with E-state index < -0.39 is 5.82 Å². The predicted molar refractivity (Wildman–Crippen MR) is 62.0 cm³/mol. The lowest BCUT2D eigenvalue weighted by Gasteiger charge is -2.14. The maximum Gasteiger partial charge on any atom is 0.256 e. The van der Waals surface area contributed by atoms with Crippen molar-refractivity contribution >= 4 is 5.91 Å². The zero-order valence-electron chi connectivity index (χ0n) is 9.51. The quantitative estimate of drug-likeness (QED) is 0.766. The molecular weight excluding hydrogens is 233 g/mol. The summed E-state index contributed by atoms with van der Waals surface area (Å²) in [4.78, 5) is 21.7. The lowest BCUT2D eigenvalue weighted by molar-refractivity contribution is 0.0749. The summed E-state index contributed by atoms with van der Waals surface area (Å²) in [5.41, 5.74) is 2.20. The molecule has 0 spiro atoms. The molecule has 0 aromatic carbocycles. The Morgan fingerprint density at radius 2 is 2.22 bits per heavy atom. The predicted octanol–water partition coefficient (Wildman–Crippen LogP) is 1.77. The first kappa shape index (κ1) is 10.8. The molecule has 3 heterocycles. The van der Waals surface area contributed by atoms with Gasteiger partial charge in [-0.05, 0) is 17.7 Å². The van der Waals surface area contributed by atoms with Crippen LogP contribution in [0.3, 0.4) is 0 Å². The van der Waals surface area contributed by atoms with Gasteiger partial charge < -0.3 is 4.90 Å². The van der Waals surface area contributed by atoms with E-state index in [9.17, 15) is 9.18 Å². The molecule has 2 aromatic rings. The molecule has 1 amide bonds. The van der Waals surface area contributed by atoms with E-state index in [4.69, 9.17) is 0 Å². The maximum atomic E-state index is 13.0. The third kappa shape index (κ3) is 1.84. The van der Waals surface area contributed by atoms with Crippen molar-refractivity contribution in [3.63, 3.8) is 0 Å². The molecule has 3 rings (SSSR count). The molecule has 5 heteroatoms. The lowest BCUT2D eigenvalue weighted by atomic mass is 10.2. The van der Waals surface area contributed by atoms with E-state index in [1.165, 1.54) is 12.3 Å². The number of carbonyl (C=O) groups is 1. The maximum absolute atomic E-state index is 13.0. The van der Waals surface area contributed by atoms with Gasteiger partial charge in [-0.1, -0.05) is 6.07 Å². The van der Waals surface area contributed by atoms with Gasteiger partial charge in [0, 0.05) is 18.9 Å². The van der Waals surface area contributed by atoms with E-state index in [0.29, 0.717) is 13.1 Å². The molecule has 0 saturated carbocycles. The van der Waals surface area contributed by atoms with Crippen molar-refractivity contribution in [2.45, 2.75) is 13.1 Å². The van der Waals surface area contributed by atoms with Crippen LogP contribution in [0.4, 0.5) is 4.39 Å². The average molecular weight is 243 g/mol. The summed E-state index contributed by atoms with van der Waals surface area (Å²) >= 11 is 0. The lowest BCUT2D eigenvalue weighted by Crippen LogP contribution is -2.25. The van der Waals surface area contributed by atoms with Crippen molar-refractivity contribution in [2.75, 3.05) is 0 Å². The Labute approximate surface area is 103 Å². The average Bonchev–Trinajstić information content (AvgIpc) is 2.81. The van der Waals surface area contributed by atoms with Crippen LogP contribution < -0.4 is 0 Å². The topological polar surface area (TPSA) is 46.1 Å². The summed E-state index contributed by atoms with van der Waals surface area (Å²) in [6.07, 6.45) is 4.16. The molecule has 18 heavy (non-hydrogen) atoms.